The first-order valence-corrected chi connectivity index (χ1v) is 8.79. The molecule has 2 nitrogen and oxygen atoms in total. The van der Waals surface area contributed by atoms with Crippen LogP contribution < -0.4 is 10.1 Å². The summed E-state index contributed by atoms with van der Waals surface area (Å²) in [5.41, 5.74) is 3.12. The van der Waals surface area contributed by atoms with Crippen LogP contribution >= 0.6 is 23.8 Å². The van der Waals surface area contributed by atoms with Gasteiger partial charge in [0.05, 0.1) is 0 Å². The van der Waals surface area contributed by atoms with Crippen LogP contribution in [-0.4, -0.2) is 4.99 Å². The van der Waals surface area contributed by atoms with Crippen LogP contribution in [0.15, 0.2) is 78.9 Å². The SMILES string of the molecule is S=C(NCc1ccccc1Cl)c1ccc(OCc2ccccc2)cc1. The highest BCUT2D eigenvalue weighted by Gasteiger charge is 2.04. The Balaban J connectivity index is 1.54. The zero-order valence-electron chi connectivity index (χ0n) is 13.6. The summed E-state index contributed by atoms with van der Waals surface area (Å²) in [5, 5.41) is 3.98. The van der Waals surface area contributed by atoms with Crippen molar-refractivity contribution in [3.8, 4) is 5.75 Å². The number of nitrogens with one attached hydrogen (secondary N) is 1. The third-order valence-corrected chi connectivity index (χ3v) is 4.51. The van der Waals surface area contributed by atoms with Crippen LogP contribution in [0.25, 0.3) is 0 Å². The lowest BCUT2D eigenvalue weighted by molar-refractivity contribution is 0.306. The molecule has 0 aliphatic heterocycles. The maximum absolute atomic E-state index is 6.16. The van der Waals surface area contributed by atoms with E-state index in [4.69, 9.17) is 28.6 Å². The second-order valence-corrected chi connectivity index (χ2v) is 6.39. The topological polar surface area (TPSA) is 21.3 Å². The van der Waals surface area contributed by atoms with Gasteiger partial charge in [-0.15, -0.1) is 0 Å². The van der Waals surface area contributed by atoms with E-state index >= 15 is 0 Å². The van der Waals surface area contributed by atoms with Crippen LogP contribution in [0.3, 0.4) is 0 Å². The van der Waals surface area contributed by atoms with Gasteiger partial charge in [-0.1, -0.05) is 72.3 Å². The zero-order chi connectivity index (χ0) is 17.5. The molecule has 0 bridgehead atoms. The Morgan fingerprint density at radius 1 is 0.880 bits per heavy atom. The number of hydrogen-bond acceptors (Lipinski definition) is 2. The van der Waals surface area contributed by atoms with Crippen molar-refractivity contribution in [2.45, 2.75) is 13.2 Å². The first-order chi connectivity index (χ1) is 12.2. The van der Waals surface area contributed by atoms with Crippen molar-refractivity contribution in [1.29, 1.82) is 0 Å². The largest absolute Gasteiger partial charge is 0.489 e. The van der Waals surface area contributed by atoms with Crippen molar-refractivity contribution in [1.82, 2.24) is 5.32 Å². The van der Waals surface area contributed by atoms with Crippen molar-refractivity contribution < 1.29 is 4.74 Å². The van der Waals surface area contributed by atoms with E-state index in [9.17, 15) is 0 Å². The maximum Gasteiger partial charge on any atom is 0.119 e. The molecule has 3 aromatic carbocycles. The highest BCUT2D eigenvalue weighted by molar-refractivity contribution is 7.80. The Morgan fingerprint density at radius 2 is 1.56 bits per heavy atom. The van der Waals surface area contributed by atoms with E-state index < -0.39 is 0 Å². The Bertz CT molecular complexity index is 834. The summed E-state index contributed by atoms with van der Waals surface area (Å²) in [5.74, 6) is 0.821. The maximum atomic E-state index is 6.16. The van der Waals surface area contributed by atoms with Crippen molar-refractivity contribution >= 4 is 28.8 Å². The molecule has 3 aromatic rings. The third kappa shape index (κ3) is 5.05. The van der Waals surface area contributed by atoms with E-state index in [1.165, 1.54) is 0 Å². The van der Waals surface area contributed by atoms with E-state index in [-0.39, 0.29) is 0 Å². The Kier molecular flexibility index (Phi) is 6.04. The molecule has 0 fully saturated rings. The molecule has 0 spiro atoms. The molecule has 1 N–H and O–H groups in total. The van der Waals surface area contributed by atoms with Crippen molar-refractivity contribution in [2.24, 2.45) is 0 Å². The fourth-order valence-electron chi connectivity index (χ4n) is 2.36. The molecule has 0 aromatic heterocycles. The summed E-state index contributed by atoms with van der Waals surface area (Å²) in [6, 6.07) is 25.6. The average molecular weight is 368 g/mol. The molecule has 25 heavy (non-hydrogen) atoms. The number of benzene rings is 3. The molecule has 0 unspecified atom stereocenters. The number of rotatable bonds is 6. The molecular formula is C21H18ClNOS. The molecule has 0 radical (unpaired) electrons. The molecule has 0 saturated heterocycles. The minimum absolute atomic E-state index is 0.551. The number of hydrogen-bond donors (Lipinski definition) is 1. The van der Waals surface area contributed by atoms with E-state index in [1.54, 1.807) is 0 Å². The molecule has 0 aliphatic carbocycles. The molecule has 0 aliphatic rings. The average Bonchev–Trinajstić information content (AvgIpc) is 2.67. The van der Waals surface area contributed by atoms with Crippen LogP contribution in [0.5, 0.6) is 5.75 Å². The van der Waals surface area contributed by atoms with Gasteiger partial charge in [-0.05, 0) is 41.5 Å². The fraction of sp³-hybridized carbons (Fsp3) is 0.0952. The quantitative estimate of drug-likeness (QED) is 0.590. The monoisotopic (exact) mass is 367 g/mol. The number of halogens is 1. The molecule has 0 saturated carbocycles. The van der Waals surface area contributed by atoms with Gasteiger partial charge in [0.15, 0.2) is 0 Å². The van der Waals surface area contributed by atoms with Gasteiger partial charge in [-0.3, -0.25) is 0 Å². The zero-order valence-corrected chi connectivity index (χ0v) is 15.2. The first kappa shape index (κ1) is 17.5. The lowest BCUT2D eigenvalue weighted by Gasteiger charge is -2.11. The molecule has 0 heterocycles. The molecule has 4 heteroatoms. The lowest BCUT2D eigenvalue weighted by Crippen LogP contribution is -2.21. The smallest absolute Gasteiger partial charge is 0.119 e. The van der Waals surface area contributed by atoms with Crippen molar-refractivity contribution in [3.05, 3.63) is 101 Å². The first-order valence-electron chi connectivity index (χ1n) is 8.01. The molecule has 3 rings (SSSR count). The molecule has 126 valence electrons. The summed E-state index contributed by atoms with van der Waals surface area (Å²) in [6.07, 6.45) is 0. The number of ether oxygens (including phenoxy) is 1. The third-order valence-electron chi connectivity index (χ3n) is 3.76. The highest BCUT2D eigenvalue weighted by Crippen LogP contribution is 2.16. The van der Waals surface area contributed by atoms with Crippen molar-refractivity contribution in [3.63, 3.8) is 0 Å². The van der Waals surface area contributed by atoms with Crippen LogP contribution in [0, 0.1) is 0 Å². The van der Waals surface area contributed by atoms with Gasteiger partial charge in [0, 0.05) is 17.1 Å². The fourth-order valence-corrected chi connectivity index (χ4v) is 2.77. The summed E-state index contributed by atoms with van der Waals surface area (Å²) < 4.78 is 5.79. The van der Waals surface area contributed by atoms with Gasteiger partial charge >= 0.3 is 0 Å². The van der Waals surface area contributed by atoms with Gasteiger partial charge in [-0.2, -0.15) is 0 Å². The summed E-state index contributed by atoms with van der Waals surface area (Å²) in [7, 11) is 0. The summed E-state index contributed by atoms with van der Waals surface area (Å²) in [4.78, 5) is 0.689. The van der Waals surface area contributed by atoms with Gasteiger partial charge in [-0.25, -0.2) is 0 Å². The van der Waals surface area contributed by atoms with Crippen LogP contribution in [-0.2, 0) is 13.2 Å². The van der Waals surface area contributed by atoms with Gasteiger partial charge < -0.3 is 10.1 Å². The Morgan fingerprint density at radius 3 is 2.28 bits per heavy atom. The van der Waals surface area contributed by atoms with E-state index in [1.807, 2.05) is 78.9 Å². The Hall–Kier alpha value is -2.36. The molecule has 0 atom stereocenters. The van der Waals surface area contributed by atoms with Crippen LogP contribution in [0.4, 0.5) is 0 Å². The second-order valence-electron chi connectivity index (χ2n) is 5.57. The minimum atomic E-state index is 0.551. The highest BCUT2D eigenvalue weighted by atomic mass is 35.5. The Labute approximate surface area is 158 Å². The molecule has 0 amide bonds. The standard InChI is InChI=1S/C21H18ClNOS/c22-20-9-5-4-8-18(20)14-23-21(25)17-10-12-19(13-11-17)24-15-16-6-2-1-3-7-16/h1-13H,14-15H2,(H,23,25). The van der Waals surface area contributed by atoms with E-state index in [0.29, 0.717) is 18.1 Å². The van der Waals surface area contributed by atoms with Crippen LogP contribution in [0.1, 0.15) is 16.7 Å². The number of thiocarbonyl (C=S) groups is 1. The summed E-state index contributed by atoms with van der Waals surface area (Å²) >= 11 is 11.6. The van der Waals surface area contributed by atoms with E-state index in [2.05, 4.69) is 5.32 Å². The molecular weight excluding hydrogens is 350 g/mol. The van der Waals surface area contributed by atoms with E-state index in [0.717, 1.165) is 27.5 Å². The second kappa shape index (κ2) is 8.65. The predicted molar refractivity (Wildman–Crippen MR) is 107 cm³/mol. The van der Waals surface area contributed by atoms with Crippen molar-refractivity contribution in [2.75, 3.05) is 0 Å². The van der Waals surface area contributed by atoms with Crippen LogP contribution in [0.2, 0.25) is 5.02 Å². The lowest BCUT2D eigenvalue weighted by atomic mass is 10.2. The van der Waals surface area contributed by atoms with Gasteiger partial charge in [0.25, 0.3) is 0 Å². The summed E-state index contributed by atoms with van der Waals surface area (Å²) in [6.45, 7) is 1.15. The predicted octanol–water partition coefficient (Wildman–Crippen LogP) is 5.38. The minimum Gasteiger partial charge on any atom is -0.489 e. The van der Waals surface area contributed by atoms with Gasteiger partial charge in [0.1, 0.15) is 17.3 Å². The normalized spacial score (nSPS) is 10.3. The van der Waals surface area contributed by atoms with Gasteiger partial charge in [0.2, 0.25) is 0 Å².